The molecule has 2 aromatic carbocycles. The third-order valence-electron chi connectivity index (χ3n) is 4.73. The first-order valence-electron chi connectivity index (χ1n) is 8.22. The van der Waals surface area contributed by atoms with Crippen molar-refractivity contribution in [1.82, 2.24) is 0 Å². The normalized spacial score (nSPS) is 19.1. The first kappa shape index (κ1) is 14.2. The number of nitrogens with zero attached hydrogens (tertiary/aromatic N) is 1. The number of fused-ring (bicyclic) bond motifs is 1. The van der Waals surface area contributed by atoms with Crippen LogP contribution in [-0.2, 0) is 6.42 Å². The fourth-order valence-corrected chi connectivity index (χ4v) is 3.67. The summed E-state index contributed by atoms with van der Waals surface area (Å²) in [5, 5.41) is 0. The monoisotopic (exact) mass is 279 g/mol. The topological polar surface area (TPSA) is 3.24 Å². The minimum atomic E-state index is 0.434. The van der Waals surface area contributed by atoms with Gasteiger partial charge >= 0.3 is 0 Å². The van der Waals surface area contributed by atoms with E-state index in [1.54, 1.807) is 0 Å². The van der Waals surface area contributed by atoms with Crippen molar-refractivity contribution in [2.45, 2.75) is 51.6 Å². The Labute approximate surface area is 128 Å². The Balaban J connectivity index is 1.99. The van der Waals surface area contributed by atoms with E-state index in [1.807, 2.05) is 0 Å². The number of para-hydroxylation sites is 1. The van der Waals surface area contributed by atoms with Crippen LogP contribution in [-0.4, -0.2) is 6.04 Å². The zero-order valence-corrected chi connectivity index (χ0v) is 13.1. The summed E-state index contributed by atoms with van der Waals surface area (Å²) in [6.45, 7) is 4.64. The zero-order valence-electron chi connectivity index (χ0n) is 13.1. The van der Waals surface area contributed by atoms with Crippen LogP contribution in [0.25, 0.3) is 0 Å². The second-order valence-electron chi connectivity index (χ2n) is 6.10. The van der Waals surface area contributed by atoms with Crippen LogP contribution in [0, 0.1) is 0 Å². The van der Waals surface area contributed by atoms with E-state index in [-0.39, 0.29) is 0 Å². The molecule has 0 aliphatic carbocycles. The molecule has 1 aliphatic rings. The van der Waals surface area contributed by atoms with E-state index in [0.717, 1.165) is 0 Å². The fraction of sp³-hybridized carbons (Fsp3) is 0.400. The summed E-state index contributed by atoms with van der Waals surface area (Å²) in [5.74, 6) is 0. The Morgan fingerprint density at radius 1 is 1.05 bits per heavy atom. The average molecular weight is 279 g/mol. The van der Waals surface area contributed by atoms with Gasteiger partial charge in [0.05, 0.1) is 6.04 Å². The SMILES string of the molecule is CCC[C@@H]1CCc2ccccc2N1[C@@H](C)c1ccccc1. The molecule has 0 N–H and O–H groups in total. The molecule has 2 aromatic rings. The summed E-state index contributed by atoms with van der Waals surface area (Å²) in [5.41, 5.74) is 4.36. The van der Waals surface area contributed by atoms with Gasteiger partial charge in [0.25, 0.3) is 0 Å². The van der Waals surface area contributed by atoms with Crippen molar-refractivity contribution in [2.24, 2.45) is 0 Å². The standard InChI is InChI=1S/C20H25N/c1-3-9-19-15-14-18-12-7-8-13-20(18)21(19)16(2)17-10-5-4-6-11-17/h4-8,10-13,16,19H,3,9,14-15H2,1-2H3/t16-,19+/m0/s1. The third kappa shape index (κ3) is 2.83. The summed E-state index contributed by atoms with van der Waals surface area (Å²) in [6, 6.07) is 21.0. The van der Waals surface area contributed by atoms with Crippen molar-refractivity contribution >= 4 is 5.69 Å². The van der Waals surface area contributed by atoms with Gasteiger partial charge in [0.2, 0.25) is 0 Å². The quantitative estimate of drug-likeness (QED) is 0.727. The molecule has 0 unspecified atom stereocenters. The molecule has 21 heavy (non-hydrogen) atoms. The third-order valence-corrected chi connectivity index (χ3v) is 4.73. The number of hydrogen-bond donors (Lipinski definition) is 0. The highest BCUT2D eigenvalue weighted by Gasteiger charge is 2.29. The maximum absolute atomic E-state index is 2.66. The van der Waals surface area contributed by atoms with Gasteiger partial charge in [-0.3, -0.25) is 0 Å². The molecule has 3 rings (SSSR count). The van der Waals surface area contributed by atoms with Crippen LogP contribution in [0.2, 0.25) is 0 Å². The zero-order chi connectivity index (χ0) is 14.7. The highest BCUT2D eigenvalue weighted by molar-refractivity contribution is 5.58. The van der Waals surface area contributed by atoms with Crippen LogP contribution in [0.5, 0.6) is 0 Å². The van der Waals surface area contributed by atoms with E-state index >= 15 is 0 Å². The minimum Gasteiger partial charge on any atom is -0.362 e. The molecule has 0 radical (unpaired) electrons. The first-order valence-corrected chi connectivity index (χ1v) is 8.22. The summed E-state index contributed by atoms with van der Waals surface area (Å²) < 4.78 is 0. The van der Waals surface area contributed by atoms with Gasteiger partial charge in [-0.25, -0.2) is 0 Å². The molecule has 110 valence electrons. The highest BCUT2D eigenvalue weighted by atomic mass is 15.2. The molecule has 0 saturated carbocycles. The predicted molar refractivity (Wildman–Crippen MR) is 90.8 cm³/mol. The van der Waals surface area contributed by atoms with Crippen molar-refractivity contribution in [2.75, 3.05) is 4.90 Å². The lowest BCUT2D eigenvalue weighted by Crippen LogP contribution is -2.41. The van der Waals surface area contributed by atoms with Gasteiger partial charge < -0.3 is 4.90 Å². The summed E-state index contributed by atoms with van der Waals surface area (Å²) in [6.07, 6.45) is 5.04. The Hall–Kier alpha value is -1.76. The van der Waals surface area contributed by atoms with Gasteiger partial charge in [0, 0.05) is 11.7 Å². The van der Waals surface area contributed by atoms with Gasteiger partial charge in [-0.15, -0.1) is 0 Å². The van der Waals surface area contributed by atoms with Crippen molar-refractivity contribution in [1.29, 1.82) is 0 Å². The van der Waals surface area contributed by atoms with E-state index in [1.165, 1.54) is 42.5 Å². The molecule has 0 bridgehead atoms. The number of rotatable bonds is 4. The predicted octanol–water partition coefficient (Wildman–Crippen LogP) is 5.37. The highest BCUT2D eigenvalue weighted by Crippen LogP contribution is 2.38. The second kappa shape index (κ2) is 6.34. The molecule has 1 aliphatic heterocycles. The molecule has 1 heteroatoms. The van der Waals surface area contributed by atoms with Gasteiger partial charge in [-0.1, -0.05) is 61.9 Å². The molecular formula is C20H25N. The molecule has 0 saturated heterocycles. The molecule has 0 fully saturated rings. The number of aryl methyl sites for hydroxylation is 1. The Kier molecular flexibility index (Phi) is 4.28. The Bertz CT molecular complexity index is 575. The lowest BCUT2D eigenvalue weighted by atomic mass is 9.90. The van der Waals surface area contributed by atoms with Crippen molar-refractivity contribution in [3.63, 3.8) is 0 Å². The van der Waals surface area contributed by atoms with Crippen LogP contribution in [0.3, 0.4) is 0 Å². The van der Waals surface area contributed by atoms with Crippen LogP contribution in [0.15, 0.2) is 54.6 Å². The van der Waals surface area contributed by atoms with E-state index in [4.69, 9.17) is 0 Å². The van der Waals surface area contributed by atoms with Gasteiger partial charge in [0.15, 0.2) is 0 Å². The number of benzene rings is 2. The second-order valence-corrected chi connectivity index (χ2v) is 6.10. The number of hydrogen-bond acceptors (Lipinski definition) is 1. The van der Waals surface area contributed by atoms with E-state index < -0.39 is 0 Å². The smallest absolute Gasteiger partial charge is 0.0517 e. The molecule has 0 aromatic heterocycles. The molecule has 0 amide bonds. The summed E-state index contributed by atoms with van der Waals surface area (Å²) in [7, 11) is 0. The molecule has 0 spiro atoms. The minimum absolute atomic E-state index is 0.434. The summed E-state index contributed by atoms with van der Waals surface area (Å²) in [4.78, 5) is 2.66. The maximum Gasteiger partial charge on any atom is 0.0517 e. The van der Waals surface area contributed by atoms with Crippen molar-refractivity contribution < 1.29 is 0 Å². The van der Waals surface area contributed by atoms with E-state index in [2.05, 4.69) is 73.3 Å². The molecule has 1 heterocycles. The molecule has 1 nitrogen and oxygen atoms in total. The van der Waals surface area contributed by atoms with Gasteiger partial charge in [-0.2, -0.15) is 0 Å². The Morgan fingerprint density at radius 3 is 2.52 bits per heavy atom. The van der Waals surface area contributed by atoms with Crippen LogP contribution in [0.1, 0.15) is 50.3 Å². The number of anilines is 1. The average Bonchev–Trinajstić information content (AvgIpc) is 2.55. The fourth-order valence-electron chi connectivity index (χ4n) is 3.67. The van der Waals surface area contributed by atoms with Crippen LogP contribution >= 0.6 is 0 Å². The van der Waals surface area contributed by atoms with Gasteiger partial charge in [0.1, 0.15) is 0 Å². The molecule has 2 atom stereocenters. The summed E-state index contributed by atoms with van der Waals surface area (Å²) >= 11 is 0. The molecular weight excluding hydrogens is 254 g/mol. The van der Waals surface area contributed by atoms with Gasteiger partial charge in [-0.05, 0) is 43.4 Å². The van der Waals surface area contributed by atoms with Crippen LogP contribution in [0.4, 0.5) is 5.69 Å². The maximum atomic E-state index is 2.66. The van der Waals surface area contributed by atoms with Crippen molar-refractivity contribution in [3.05, 3.63) is 65.7 Å². The largest absolute Gasteiger partial charge is 0.362 e. The van der Waals surface area contributed by atoms with Crippen LogP contribution < -0.4 is 4.90 Å². The van der Waals surface area contributed by atoms with E-state index in [0.29, 0.717) is 12.1 Å². The lowest BCUT2D eigenvalue weighted by molar-refractivity contribution is 0.455. The lowest BCUT2D eigenvalue weighted by Gasteiger charge is -2.43. The van der Waals surface area contributed by atoms with Crippen molar-refractivity contribution in [3.8, 4) is 0 Å². The van der Waals surface area contributed by atoms with E-state index in [9.17, 15) is 0 Å². The first-order chi connectivity index (χ1) is 10.3. The Morgan fingerprint density at radius 2 is 1.76 bits per heavy atom.